The van der Waals surface area contributed by atoms with Crippen LogP contribution in [-0.4, -0.2) is 48.2 Å². The van der Waals surface area contributed by atoms with Crippen LogP contribution in [0.15, 0.2) is 65.2 Å². The number of nitrogens with one attached hydrogen (secondary N) is 1. The van der Waals surface area contributed by atoms with E-state index in [1.54, 1.807) is 6.92 Å². The zero-order chi connectivity index (χ0) is 25.7. The Hall–Kier alpha value is -3.97. The average Bonchev–Trinajstić information content (AvgIpc) is 3.30. The quantitative estimate of drug-likeness (QED) is 0.325. The molecule has 0 fully saturated rings. The smallest absolute Gasteiger partial charge is 0.259 e. The highest BCUT2D eigenvalue weighted by Crippen LogP contribution is 2.32. The van der Waals surface area contributed by atoms with Crippen LogP contribution in [-0.2, 0) is 6.42 Å². The van der Waals surface area contributed by atoms with Gasteiger partial charge in [-0.3, -0.25) is 4.79 Å². The maximum atomic E-state index is 13.2. The summed E-state index contributed by atoms with van der Waals surface area (Å²) in [6.45, 7) is 7.12. The molecule has 0 bridgehead atoms. The highest BCUT2D eigenvalue weighted by Gasteiger charge is 2.16. The summed E-state index contributed by atoms with van der Waals surface area (Å²) in [7, 11) is 3.98. The Morgan fingerprint density at radius 1 is 1.00 bits per heavy atom. The van der Waals surface area contributed by atoms with Crippen LogP contribution in [0.4, 0.5) is 5.69 Å². The third kappa shape index (κ3) is 5.98. The number of ether oxygens (including phenoxy) is 1. The summed E-state index contributed by atoms with van der Waals surface area (Å²) < 4.78 is 11.2. The van der Waals surface area contributed by atoms with E-state index in [4.69, 9.17) is 9.26 Å². The van der Waals surface area contributed by atoms with E-state index < -0.39 is 0 Å². The number of aromatic nitrogens is 2. The topological polar surface area (TPSA) is 80.5 Å². The molecule has 0 aliphatic heterocycles. The van der Waals surface area contributed by atoms with Gasteiger partial charge in [0.1, 0.15) is 12.4 Å². The first-order valence-electron chi connectivity index (χ1n) is 12.1. The van der Waals surface area contributed by atoms with Crippen molar-refractivity contribution in [2.45, 2.75) is 27.2 Å². The molecule has 4 rings (SSSR count). The lowest BCUT2D eigenvalue weighted by Crippen LogP contribution is -2.21. The van der Waals surface area contributed by atoms with Gasteiger partial charge < -0.3 is 19.5 Å². The second kappa shape index (κ2) is 11.2. The molecule has 0 aliphatic carbocycles. The van der Waals surface area contributed by atoms with E-state index >= 15 is 0 Å². The van der Waals surface area contributed by atoms with E-state index in [0.717, 1.165) is 40.9 Å². The summed E-state index contributed by atoms with van der Waals surface area (Å²) in [5.41, 5.74) is 6.42. The molecule has 0 spiro atoms. The van der Waals surface area contributed by atoms with Crippen molar-refractivity contribution in [3.8, 4) is 28.3 Å². The number of hydrogen-bond acceptors (Lipinski definition) is 6. The molecule has 7 heteroatoms. The lowest BCUT2D eigenvalue weighted by atomic mass is 9.96. The molecular formula is C29H32N4O3. The number of amides is 1. The highest BCUT2D eigenvalue weighted by molar-refractivity contribution is 6.06. The molecule has 1 N–H and O–H groups in total. The maximum absolute atomic E-state index is 13.2. The fourth-order valence-corrected chi connectivity index (χ4v) is 3.90. The molecule has 0 saturated carbocycles. The average molecular weight is 485 g/mol. The minimum absolute atomic E-state index is 0.204. The molecule has 0 radical (unpaired) electrons. The number of hydrogen-bond donors (Lipinski definition) is 1. The van der Waals surface area contributed by atoms with Gasteiger partial charge in [0.25, 0.3) is 5.91 Å². The number of likely N-dealkylation sites (N-methyl/N-ethyl adjacent to an activating group) is 1. The van der Waals surface area contributed by atoms with Gasteiger partial charge in [0.2, 0.25) is 11.7 Å². The molecule has 186 valence electrons. The van der Waals surface area contributed by atoms with Crippen molar-refractivity contribution in [2.75, 3.05) is 32.6 Å². The van der Waals surface area contributed by atoms with Gasteiger partial charge in [-0.15, -0.1) is 0 Å². The van der Waals surface area contributed by atoms with Crippen molar-refractivity contribution in [3.63, 3.8) is 0 Å². The van der Waals surface area contributed by atoms with Crippen LogP contribution < -0.4 is 10.1 Å². The number of carbonyl (C=O) groups excluding carboxylic acids is 1. The first-order chi connectivity index (χ1) is 17.3. The molecule has 1 amide bonds. The summed E-state index contributed by atoms with van der Waals surface area (Å²) >= 11 is 0. The number of nitrogens with zero attached hydrogens (tertiary/aromatic N) is 3. The molecule has 36 heavy (non-hydrogen) atoms. The number of rotatable bonds is 9. The molecule has 4 aromatic rings. The second-order valence-electron chi connectivity index (χ2n) is 9.03. The van der Waals surface area contributed by atoms with Crippen molar-refractivity contribution in [1.82, 2.24) is 15.0 Å². The van der Waals surface area contributed by atoms with Crippen LogP contribution in [0.25, 0.3) is 22.5 Å². The molecule has 0 saturated heterocycles. The van der Waals surface area contributed by atoms with Crippen molar-refractivity contribution in [3.05, 3.63) is 83.2 Å². The largest absolute Gasteiger partial charge is 0.491 e. The van der Waals surface area contributed by atoms with E-state index in [0.29, 0.717) is 29.6 Å². The van der Waals surface area contributed by atoms with E-state index in [9.17, 15) is 4.79 Å². The van der Waals surface area contributed by atoms with Crippen molar-refractivity contribution in [1.29, 1.82) is 0 Å². The number of benzene rings is 3. The molecule has 0 aliphatic rings. The fraction of sp³-hybridized carbons (Fsp3) is 0.276. The SMILES string of the molecule is CCc1ccc(NC(=O)c2ccc(-c3ccc(-c4noc(C)n4)cc3C)cc2OCCN(C)C)cc1. The molecule has 7 nitrogen and oxygen atoms in total. The van der Waals surface area contributed by atoms with E-state index in [1.807, 2.05) is 86.6 Å². The maximum Gasteiger partial charge on any atom is 0.259 e. The first-order valence-corrected chi connectivity index (χ1v) is 12.1. The van der Waals surface area contributed by atoms with Gasteiger partial charge in [0.15, 0.2) is 0 Å². The molecular weight excluding hydrogens is 452 g/mol. The van der Waals surface area contributed by atoms with E-state index in [-0.39, 0.29) is 5.91 Å². The Morgan fingerprint density at radius 2 is 1.75 bits per heavy atom. The zero-order valence-electron chi connectivity index (χ0n) is 21.5. The van der Waals surface area contributed by atoms with Crippen LogP contribution in [0, 0.1) is 13.8 Å². The third-order valence-electron chi connectivity index (χ3n) is 5.97. The van der Waals surface area contributed by atoms with Crippen LogP contribution >= 0.6 is 0 Å². The molecule has 0 atom stereocenters. The Morgan fingerprint density at radius 3 is 2.39 bits per heavy atom. The Kier molecular flexibility index (Phi) is 7.80. The normalized spacial score (nSPS) is 11.1. The monoisotopic (exact) mass is 484 g/mol. The predicted molar refractivity (Wildman–Crippen MR) is 142 cm³/mol. The Balaban J connectivity index is 1.63. The molecule has 1 aromatic heterocycles. The van der Waals surface area contributed by atoms with Gasteiger partial charge in [-0.2, -0.15) is 4.98 Å². The van der Waals surface area contributed by atoms with E-state index in [1.165, 1.54) is 5.56 Å². The van der Waals surface area contributed by atoms with Gasteiger partial charge in [0, 0.05) is 24.7 Å². The van der Waals surface area contributed by atoms with Crippen LogP contribution in [0.3, 0.4) is 0 Å². The summed E-state index contributed by atoms with van der Waals surface area (Å²) in [4.78, 5) is 19.5. The Bertz CT molecular complexity index is 1340. The fourth-order valence-electron chi connectivity index (χ4n) is 3.90. The van der Waals surface area contributed by atoms with Crippen molar-refractivity contribution < 1.29 is 14.1 Å². The number of carbonyl (C=O) groups is 1. The number of aryl methyl sites for hydroxylation is 3. The molecule has 3 aromatic carbocycles. The van der Waals surface area contributed by atoms with Gasteiger partial charge in [-0.05, 0) is 80.0 Å². The van der Waals surface area contributed by atoms with Gasteiger partial charge >= 0.3 is 0 Å². The minimum Gasteiger partial charge on any atom is -0.491 e. The number of anilines is 1. The van der Waals surface area contributed by atoms with Crippen LogP contribution in [0.2, 0.25) is 0 Å². The van der Waals surface area contributed by atoms with E-state index in [2.05, 4.69) is 22.4 Å². The standard InChI is InChI=1S/C29H32N4O3/c1-6-21-7-11-24(12-8-21)31-29(34)26-14-9-22(18-27(26)35-16-15-33(4)5)25-13-10-23(17-19(25)2)28-30-20(3)36-32-28/h7-14,17-18H,6,15-16H2,1-5H3,(H,31,34). The molecule has 1 heterocycles. The second-order valence-corrected chi connectivity index (χ2v) is 9.03. The van der Waals surface area contributed by atoms with Gasteiger partial charge in [-0.25, -0.2) is 0 Å². The third-order valence-corrected chi connectivity index (χ3v) is 5.97. The van der Waals surface area contributed by atoms with Crippen LogP contribution in [0.1, 0.15) is 34.3 Å². The van der Waals surface area contributed by atoms with Crippen LogP contribution in [0.5, 0.6) is 5.75 Å². The van der Waals surface area contributed by atoms with Crippen molar-refractivity contribution in [2.24, 2.45) is 0 Å². The summed E-state index contributed by atoms with van der Waals surface area (Å²) in [5, 5.41) is 7.01. The summed E-state index contributed by atoms with van der Waals surface area (Å²) in [6, 6.07) is 19.6. The summed E-state index contributed by atoms with van der Waals surface area (Å²) in [5.74, 6) is 1.44. The predicted octanol–water partition coefficient (Wildman–Crippen LogP) is 5.78. The Labute approximate surface area is 212 Å². The lowest BCUT2D eigenvalue weighted by Gasteiger charge is -2.16. The zero-order valence-corrected chi connectivity index (χ0v) is 21.5. The first kappa shape index (κ1) is 25.1. The van der Waals surface area contributed by atoms with Gasteiger partial charge in [0.05, 0.1) is 5.56 Å². The highest BCUT2D eigenvalue weighted by atomic mass is 16.5. The lowest BCUT2D eigenvalue weighted by molar-refractivity contribution is 0.102. The van der Waals surface area contributed by atoms with Crippen molar-refractivity contribution >= 4 is 11.6 Å². The van der Waals surface area contributed by atoms with Gasteiger partial charge in [-0.1, -0.05) is 42.4 Å². The summed E-state index contributed by atoms with van der Waals surface area (Å²) in [6.07, 6.45) is 0.953. The minimum atomic E-state index is -0.204. The molecule has 0 unspecified atom stereocenters.